The third-order valence-corrected chi connectivity index (χ3v) is 6.27. The van der Waals surface area contributed by atoms with Crippen LogP contribution in [0.1, 0.15) is 16.8 Å². The normalized spacial score (nSPS) is 26.3. The van der Waals surface area contributed by atoms with E-state index in [4.69, 9.17) is 0 Å². The molecule has 2 aliphatic rings. The molecule has 2 bridgehead atoms. The lowest BCUT2D eigenvalue weighted by atomic mass is 9.99. The molecular weight excluding hydrogens is 314 g/mol. The Morgan fingerprint density at radius 3 is 2.82 bits per heavy atom. The van der Waals surface area contributed by atoms with Crippen molar-refractivity contribution < 1.29 is 4.79 Å². The lowest BCUT2D eigenvalue weighted by molar-refractivity contribution is 0.0924. The second-order valence-corrected chi connectivity index (χ2v) is 8.03. The molecule has 2 unspecified atom stereocenters. The highest BCUT2D eigenvalue weighted by Gasteiger charge is 2.38. The number of carbonyl (C=O) groups excluding carboxylic acids is 1. The number of rotatable bonds is 4. The lowest BCUT2D eigenvalue weighted by Crippen LogP contribution is -2.43. The van der Waals surface area contributed by atoms with E-state index in [-0.39, 0.29) is 5.91 Å². The Hall–Kier alpha value is -1.37. The molecule has 0 saturated carbocycles. The zero-order valence-electron chi connectivity index (χ0n) is 12.1. The molecule has 3 atom stereocenters. The van der Waals surface area contributed by atoms with Crippen LogP contribution in [0.5, 0.6) is 0 Å². The van der Waals surface area contributed by atoms with Gasteiger partial charge in [-0.1, -0.05) is 11.8 Å². The molecule has 1 amide bonds. The van der Waals surface area contributed by atoms with Gasteiger partial charge in [0.2, 0.25) is 0 Å². The molecule has 4 nitrogen and oxygen atoms in total. The molecule has 3 heterocycles. The number of nitrogens with zero attached hydrogens (tertiary/aromatic N) is 2. The molecule has 0 radical (unpaired) electrons. The highest BCUT2D eigenvalue weighted by atomic mass is 32.2. The number of fused-ring (bicyclic) bond motifs is 2. The molecular formula is C16H17N3OS2. The maximum Gasteiger partial charge on any atom is 0.251 e. The Morgan fingerprint density at radius 2 is 2.18 bits per heavy atom. The van der Waals surface area contributed by atoms with Gasteiger partial charge in [-0.2, -0.15) is 0 Å². The molecule has 2 saturated heterocycles. The van der Waals surface area contributed by atoms with Gasteiger partial charge in [-0.05, 0) is 43.1 Å². The average Bonchev–Trinajstić information content (AvgIpc) is 3.25. The Kier molecular flexibility index (Phi) is 3.90. The molecule has 2 fully saturated rings. The molecule has 2 aromatic rings. The Morgan fingerprint density at radius 1 is 1.32 bits per heavy atom. The summed E-state index contributed by atoms with van der Waals surface area (Å²) in [6.45, 7) is 3.35. The number of nitrogens with one attached hydrogen (secondary N) is 1. The summed E-state index contributed by atoms with van der Waals surface area (Å²) in [6, 6.07) is 8.11. The fourth-order valence-electron chi connectivity index (χ4n) is 3.24. The molecule has 2 aliphatic heterocycles. The predicted molar refractivity (Wildman–Crippen MR) is 88.5 cm³/mol. The van der Waals surface area contributed by atoms with Crippen LogP contribution in [0, 0.1) is 5.92 Å². The summed E-state index contributed by atoms with van der Waals surface area (Å²) in [5, 5.41) is 5.16. The second-order valence-electron chi connectivity index (χ2n) is 5.81. The summed E-state index contributed by atoms with van der Waals surface area (Å²) in [5.74, 6) is 0.688. The van der Waals surface area contributed by atoms with Gasteiger partial charge in [0.25, 0.3) is 5.91 Å². The summed E-state index contributed by atoms with van der Waals surface area (Å²) < 4.78 is 1.02. The number of aromatic nitrogens is 1. The van der Waals surface area contributed by atoms with Crippen LogP contribution < -0.4 is 5.32 Å². The fraction of sp³-hybridized carbons (Fsp3) is 0.375. The van der Waals surface area contributed by atoms with E-state index in [1.807, 2.05) is 29.6 Å². The van der Waals surface area contributed by atoms with Crippen LogP contribution in [0.3, 0.4) is 0 Å². The monoisotopic (exact) mass is 331 g/mol. The van der Waals surface area contributed by atoms with Crippen molar-refractivity contribution in [3.63, 3.8) is 0 Å². The van der Waals surface area contributed by atoms with Crippen LogP contribution in [-0.4, -0.2) is 41.5 Å². The zero-order valence-corrected chi connectivity index (χ0v) is 13.7. The Balaban J connectivity index is 1.38. The van der Waals surface area contributed by atoms with E-state index in [0.29, 0.717) is 12.0 Å². The third kappa shape index (κ3) is 2.91. The van der Waals surface area contributed by atoms with E-state index >= 15 is 0 Å². The van der Waals surface area contributed by atoms with E-state index in [9.17, 15) is 4.79 Å². The summed E-state index contributed by atoms with van der Waals surface area (Å²) in [5.41, 5.74) is 0.737. The molecule has 22 heavy (non-hydrogen) atoms. The third-order valence-electron chi connectivity index (χ3n) is 4.38. The van der Waals surface area contributed by atoms with Crippen molar-refractivity contribution >= 4 is 29.0 Å². The van der Waals surface area contributed by atoms with Gasteiger partial charge in [0.1, 0.15) is 0 Å². The van der Waals surface area contributed by atoms with E-state index in [1.165, 1.54) is 13.0 Å². The summed E-state index contributed by atoms with van der Waals surface area (Å²) in [4.78, 5) is 20.2. The second kappa shape index (κ2) is 6.02. The minimum Gasteiger partial charge on any atom is -0.348 e. The average molecular weight is 331 g/mol. The number of piperidine rings is 1. The molecule has 0 aliphatic carbocycles. The Bertz CT molecular complexity index is 657. The zero-order chi connectivity index (χ0) is 14.9. The first-order chi connectivity index (χ1) is 10.8. The molecule has 6 heteroatoms. The van der Waals surface area contributed by atoms with Crippen LogP contribution in [0.2, 0.25) is 0 Å². The number of benzene rings is 1. The molecule has 114 valence electrons. The van der Waals surface area contributed by atoms with E-state index in [1.54, 1.807) is 29.3 Å². The number of hydrogen-bond acceptors (Lipinski definition) is 5. The van der Waals surface area contributed by atoms with Crippen molar-refractivity contribution in [2.45, 2.75) is 21.7 Å². The van der Waals surface area contributed by atoms with Gasteiger partial charge in [-0.3, -0.25) is 4.79 Å². The topological polar surface area (TPSA) is 45.2 Å². The van der Waals surface area contributed by atoms with Crippen LogP contribution in [0.15, 0.2) is 45.1 Å². The first kappa shape index (κ1) is 14.2. The molecule has 4 rings (SSSR count). The van der Waals surface area contributed by atoms with Crippen molar-refractivity contribution in [2.75, 3.05) is 19.6 Å². The van der Waals surface area contributed by atoms with Crippen molar-refractivity contribution in [1.82, 2.24) is 15.2 Å². The minimum atomic E-state index is 0.0459. The first-order valence-corrected chi connectivity index (χ1v) is 9.18. The predicted octanol–water partition coefficient (Wildman–Crippen LogP) is 2.73. The van der Waals surface area contributed by atoms with Gasteiger partial charge >= 0.3 is 0 Å². The highest BCUT2D eigenvalue weighted by Crippen LogP contribution is 2.30. The molecule has 0 spiro atoms. The van der Waals surface area contributed by atoms with E-state index in [2.05, 4.69) is 15.2 Å². The van der Waals surface area contributed by atoms with Gasteiger partial charge in [0, 0.05) is 41.2 Å². The number of carbonyl (C=O) groups is 1. The van der Waals surface area contributed by atoms with Crippen molar-refractivity contribution in [3.8, 4) is 0 Å². The maximum atomic E-state index is 12.4. The fourth-order valence-corrected chi connectivity index (χ4v) is 4.83. The Labute approximate surface area is 137 Å². The van der Waals surface area contributed by atoms with E-state index < -0.39 is 0 Å². The minimum absolute atomic E-state index is 0.0459. The number of amides is 1. The van der Waals surface area contributed by atoms with E-state index in [0.717, 1.165) is 27.9 Å². The van der Waals surface area contributed by atoms with Crippen LogP contribution in [0.25, 0.3) is 0 Å². The number of thiazole rings is 1. The van der Waals surface area contributed by atoms with Gasteiger partial charge < -0.3 is 10.2 Å². The maximum absolute atomic E-state index is 12.4. The SMILES string of the molecule is O=C(NC1CN2CC[C@H]1C2)c1ccc(Sc2nccs2)cc1. The lowest BCUT2D eigenvalue weighted by Gasteiger charge is -2.23. The van der Waals surface area contributed by atoms with Gasteiger partial charge in [0.15, 0.2) is 4.34 Å². The van der Waals surface area contributed by atoms with Crippen LogP contribution in [-0.2, 0) is 0 Å². The first-order valence-electron chi connectivity index (χ1n) is 7.48. The molecule has 1 aromatic heterocycles. The largest absolute Gasteiger partial charge is 0.348 e. The van der Waals surface area contributed by atoms with Gasteiger partial charge in [-0.15, -0.1) is 11.3 Å². The van der Waals surface area contributed by atoms with Crippen LogP contribution >= 0.6 is 23.1 Å². The van der Waals surface area contributed by atoms with Crippen molar-refractivity contribution in [2.24, 2.45) is 5.92 Å². The molecule has 1 N–H and O–H groups in total. The summed E-state index contributed by atoms with van der Waals surface area (Å²) in [7, 11) is 0. The van der Waals surface area contributed by atoms with Gasteiger partial charge in [-0.25, -0.2) is 4.98 Å². The van der Waals surface area contributed by atoms with Gasteiger partial charge in [0.05, 0.1) is 0 Å². The quantitative estimate of drug-likeness (QED) is 0.936. The van der Waals surface area contributed by atoms with Crippen molar-refractivity contribution in [3.05, 3.63) is 41.4 Å². The van der Waals surface area contributed by atoms with Crippen LogP contribution in [0.4, 0.5) is 0 Å². The highest BCUT2D eigenvalue weighted by molar-refractivity contribution is 8.01. The standard InChI is InChI=1S/C16H17N3OS2/c20-15(18-14-10-19-7-5-12(14)9-19)11-1-3-13(4-2-11)22-16-17-6-8-21-16/h1-4,6,8,12,14H,5,7,9-10H2,(H,18,20)/t12-,14?/m0/s1. The smallest absolute Gasteiger partial charge is 0.251 e. The summed E-state index contributed by atoms with van der Waals surface area (Å²) in [6.07, 6.45) is 3.02. The molecule has 1 aromatic carbocycles. The number of hydrogen-bond donors (Lipinski definition) is 1. The summed E-state index contributed by atoms with van der Waals surface area (Å²) >= 11 is 3.25. The van der Waals surface area contributed by atoms with Crippen molar-refractivity contribution in [1.29, 1.82) is 0 Å².